The lowest BCUT2D eigenvalue weighted by atomic mass is 10.0. The minimum absolute atomic E-state index is 0.00661. The molecular formula is C34H42FN3O4S. The van der Waals surface area contributed by atoms with Gasteiger partial charge in [0.2, 0.25) is 21.8 Å². The van der Waals surface area contributed by atoms with Gasteiger partial charge in [0.1, 0.15) is 11.9 Å². The molecule has 0 spiro atoms. The largest absolute Gasteiger partial charge is 0.352 e. The molecule has 1 saturated carbocycles. The molecule has 230 valence electrons. The number of hydrogen-bond acceptors (Lipinski definition) is 4. The summed E-state index contributed by atoms with van der Waals surface area (Å²) in [6, 6.07) is 20.4. The van der Waals surface area contributed by atoms with Crippen LogP contribution < -0.4 is 9.62 Å². The van der Waals surface area contributed by atoms with Gasteiger partial charge in [0.05, 0.1) is 11.9 Å². The third-order valence-corrected chi connectivity index (χ3v) is 9.45. The Morgan fingerprint density at radius 1 is 0.953 bits per heavy atom. The smallest absolute Gasteiger partial charge is 0.243 e. The average Bonchev–Trinajstić information content (AvgIpc) is 3.48. The van der Waals surface area contributed by atoms with Crippen LogP contribution in [-0.2, 0) is 32.6 Å². The number of aryl methyl sites for hydroxylation is 1. The Hall–Kier alpha value is -3.72. The molecule has 2 amide bonds. The molecule has 3 aromatic rings. The van der Waals surface area contributed by atoms with Crippen molar-refractivity contribution in [3.8, 4) is 0 Å². The van der Waals surface area contributed by atoms with Crippen molar-refractivity contribution in [1.82, 2.24) is 10.2 Å². The van der Waals surface area contributed by atoms with Gasteiger partial charge in [-0.15, -0.1) is 0 Å². The molecular weight excluding hydrogens is 565 g/mol. The molecule has 7 nitrogen and oxygen atoms in total. The Morgan fingerprint density at radius 2 is 1.63 bits per heavy atom. The lowest BCUT2D eigenvalue weighted by Crippen LogP contribution is -2.52. The Morgan fingerprint density at radius 3 is 2.30 bits per heavy atom. The van der Waals surface area contributed by atoms with Crippen molar-refractivity contribution in [3.63, 3.8) is 0 Å². The average molecular weight is 608 g/mol. The van der Waals surface area contributed by atoms with Gasteiger partial charge < -0.3 is 10.2 Å². The first-order chi connectivity index (χ1) is 20.5. The van der Waals surface area contributed by atoms with E-state index >= 15 is 0 Å². The normalized spacial score (nSPS) is 14.3. The number of halogens is 1. The number of carbonyl (C=O) groups excluding carboxylic acids is 2. The molecule has 1 aliphatic rings. The van der Waals surface area contributed by atoms with Crippen molar-refractivity contribution in [2.24, 2.45) is 0 Å². The zero-order valence-corrected chi connectivity index (χ0v) is 26.1. The van der Waals surface area contributed by atoms with Gasteiger partial charge in [-0.25, -0.2) is 12.8 Å². The second-order valence-electron chi connectivity index (χ2n) is 11.5. The number of anilines is 1. The van der Waals surface area contributed by atoms with Crippen LogP contribution in [0.25, 0.3) is 0 Å². The Kier molecular flexibility index (Phi) is 11.0. The molecule has 3 aromatic carbocycles. The summed E-state index contributed by atoms with van der Waals surface area (Å²) in [5.41, 5.74) is 3.60. The van der Waals surface area contributed by atoms with Gasteiger partial charge >= 0.3 is 0 Å². The first kappa shape index (κ1) is 32.2. The lowest BCUT2D eigenvalue weighted by Gasteiger charge is -2.33. The van der Waals surface area contributed by atoms with Gasteiger partial charge in [0, 0.05) is 37.5 Å². The summed E-state index contributed by atoms with van der Waals surface area (Å²) in [6.45, 7) is 3.82. The summed E-state index contributed by atoms with van der Waals surface area (Å²) < 4.78 is 41.8. The van der Waals surface area contributed by atoms with Crippen LogP contribution in [0.3, 0.4) is 0 Å². The van der Waals surface area contributed by atoms with E-state index in [0.717, 1.165) is 48.6 Å². The van der Waals surface area contributed by atoms with Crippen LogP contribution >= 0.6 is 0 Å². The lowest BCUT2D eigenvalue weighted by molar-refractivity contribution is -0.141. The Bertz CT molecular complexity index is 1510. The maximum absolute atomic E-state index is 14.9. The van der Waals surface area contributed by atoms with Crippen LogP contribution in [0, 0.1) is 19.7 Å². The summed E-state index contributed by atoms with van der Waals surface area (Å²) >= 11 is 0. The topological polar surface area (TPSA) is 86.8 Å². The third kappa shape index (κ3) is 8.66. The fraction of sp³-hybridized carbons (Fsp3) is 0.412. The van der Waals surface area contributed by atoms with E-state index in [2.05, 4.69) is 5.32 Å². The van der Waals surface area contributed by atoms with Crippen LogP contribution in [0.2, 0.25) is 0 Å². The first-order valence-electron chi connectivity index (χ1n) is 15.0. The minimum Gasteiger partial charge on any atom is -0.352 e. The van der Waals surface area contributed by atoms with Crippen molar-refractivity contribution < 1.29 is 22.4 Å². The maximum Gasteiger partial charge on any atom is 0.243 e. The highest BCUT2D eigenvalue weighted by atomic mass is 32.2. The van der Waals surface area contributed by atoms with Gasteiger partial charge in [-0.05, 0) is 61.9 Å². The number of carbonyl (C=O) groups is 2. The van der Waals surface area contributed by atoms with Crippen LogP contribution in [-0.4, -0.2) is 50.0 Å². The summed E-state index contributed by atoms with van der Waals surface area (Å²) in [7, 11) is -3.62. The molecule has 0 heterocycles. The molecule has 0 saturated heterocycles. The van der Waals surface area contributed by atoms with Gasteiger partial charge in [-0.3, -0.25) is 13.9 Å². The molecule has 1 unspecified atom stereocenters. The van der Waals surface area contributed by atoms with E-state index in [1.165, 1.54) is 15.3 Å². The van der Waals surface area contributed by atoms with Crippen molar-refractivity contribution >= 4 is 27.5 Å². The van der Waals surface area contributed by atoms with E-state index in [9.17, 15) is 22.4 Å². The fourth-order valence-electron chi connectivity index (χ4n) is 5.72. The number of hydrogen-bond donors (Lipinski definition) is 1. The van der Waals surface area contributed by atoms with Crippen LogP contribution in [0.15, 0.2) is 72.8 Å². The number of rotatable bonds is 13. The van der Waals surface area contributed by atoms with E-state index < -0.39 is 21.9 Å². The molecule has 1 aliphatic carbocycles. The number of sulfonamides is 1. The predicted molar refractivity (Wildman–Crippen MR) is 169 cm³/mol. The molecule has 4 rings (SSSR count). The third-order valence-electron chi connectivity index (χ3n) is 8.27. The summed E-state index contributed by atoms with van der Waals surface area (Å²) in [4.78, 5) is 29.3. The van der Waals surface area contributed by atoms with Crippen molar-refractivity contribution in [2.75, 3.05) is 17.1 Å². The van der Waals surface area contributed by atoms with E-state index in [0.29, 0.717) is 11.3 Å². The zero-order chi connectivity index (χ0) is 31.0. The SMILES string of the molecule is Cc1cccc(N(CCCC(=O)N(Cc2ccccc2F)C(Cc2ccccc2)C(=O)NC2CCCC2)S(C)(=O)=O)c1C. The van der Waals surface area contributed by atoms with Crippen molar-refractivity contribution in [2.45, 2.75) is 77.4 Å². The second kappa shape index (κ2) is 14.6. The van der Waals surface area contributed by atoms with E-state index in [1.54, 1.807) is 24.3 Å². The molecule has 0 aromatic heterocycles. The fourth-order valence-corrected chi connectivity index (χ4v) is 6.74. The van der Waals surface area contributed by atoms with Gasteiger partial charge in [0.25, 0.3) is 0 Å². The molecule has 1 atom stereocenters. The van der Waals surface area contributed by atoms with Gasteiger partial charge in [-0.2, -0.15) is 0 Å². The summed E-state index contributed by atoms with van der Waals surface area (Å²) in [5, 5.41) is 3.15. The molecule has 0 bridgehead atoms. The summed E-state index contributed by atoms with van der Waals surface area (Å²) in [6.07, 6.45) is 5.53. The van der Waals surface area contributed by atoms with E-state index in [-0.39, 0.29) is 50.2 Å². The zero-order valence-electron chi connectivity index (χ0n) is 25.3. The number of nitrogens with zero attached hydrogens (tertiary/aromatic N) is 2. The second-order valence-corrected chi connectivity index (χ2v) is 13.4. The highest BCUT2D eigenvalue weighted by Crippen LogP contribution is 2.26. The van der Waals surface area contributed by atoms with Crippen molar-refractivity contribution in [1.29, 1.82) is 0 Å². The van der Waals surface area contributed by atoms with E-state index in [1.807, 2.05) is 56.3 Å². The van der Waals surface area contributed by atoms with E-state index in [4.69, 9.17) is 0 Å². The molecule has 0 aliphatic heterocycles. The summed E-state index contributed by atoms with van der Waals surface area (Å²) in [5.74, 6) is -1.04. The first-order valence-corrected chi connectivity index (χ1v) is 16.8. The Balaban J connectivity index is 1.61. The quantitative estimate of drug-likeness (QED) is 0.271. The molecule has 1 fully saturated rings. The highest BCUT2D eigenvalue weighted by molar-refractivity contribution is 7.92. The van der Waals surface area contributed by atoms with Crippen molar-refractivity contribution in [3.05, 3.63) is 101 Å². The molecule has 43 heavy (non-hydrogen) atoms. The minimum atomic E-state index is -3.62. The number of amides is 2. The molecule has 9 heteroatoms. The number of nitrogens with one attached hydrogen (secondary N) is 1. The van der Waals surface area contributed by atoms with Gasteiger partial charge in [-0.1, -0.05) is 73.5 Å². The highest BCUT2D eigenvalue weighted by Gasteiger charge is 2.32. The van der Waals surface area contributed by atoms with Crippen LogP contribution in [0.4, 0.5) is 10.1 Å². The van der Waals surface area contributed by atoms with Crippen LogP contribution in [0.5, 0.6) is 0 Å². The molecule has 0 radical (unpaired) electrons. The maximum atomic E-state index is 14.9. The predicted octanol–water partition coefficient (Wildman–Crippen LogP) is 5.69. The number of benzene rings is 3. The van der Waals surface area contributed by atoms with Crippen LogP contribution in [0.1, 0.15) is 60.8 Å². The van der Waals surface area contributed by atoms with Gasteiger partial charge in [0.15, 0.2) is 0 Å². The Labute approximate surface area is 255 Å². The standard InChI is InChI=1S/C34H42FN3O4S/c1-25-13-11-20-31(26(25)2)38(43(3,41)42)22-12-21-33(39)37(24-28-16-7-10-19-30(28)35)32(23-27-14-5-4-6-15-27)34(40)36-29-17-8-9-18-29/h4-7,10-11,13-16,19-20,29,32H,8-9,12,17-18,21-24H2,1-3H3,(H,36,40). The molecule has 1 N–H and O–H groups in total. The monoisotopic (exact) mass is 607 g/mol.